The molecule has 0 aliphatic carbocycles. The quantitative estimate of drug-likeness (QED) is 0.692. The van der Waals surface area contributed by atoms with Gasteiger partial charge in [-0.05, 0) is 32.0 Å². The summed E-state index contributed by atoms with van der Waals surface area (Å²) in [5.74, 6) is 0.813. The highest BCUT2D eigenvalue weighted by molar-refractivity contribution is 7.13. The van der Waals surface area contributed by atoms with E-state index in [0.29, 0.717) is 5.02 Å². The summed E-state index contributed by atoms with van der Waals surface area (Å²) >= 11 is 7.95. The number of nitrogens with zero attached hydrogens (tertiary/aromatic N) is 2. The van der Waals surface area contributed by atoms with Gasteiger partial charge in [0.15, 0.2) is 0 Å². The number of thiazole rings is 1. The summed E-state index contributed by atoms with van der Waals surface area (Å²) in [6.07, 6.45) is 0. The van der Waals surface area contributed by atoms with Crippen LogP contribution in [0.25, 0.3) is 21.6 Å². The average molecular weight is 305 g/mol. The Kier molecular flexibility index (Phi) is 3.36. The molecule has 3 nitrogen and oxygen atoms in total. The van der Waals surface area contributed by atoms with Crippen molar-refractivity contribution < 1.29 is 4.74 Å². The predicted molar refractivity (Wildman–Crippen MR) is 83.9 cm³/mol. The van der Waals surface area contributed by atoms with Gasteiger partial charge in [-0.2, -0.15) is 0 Å². The van der Waals surface area contributed by atoms with E-state index in [0.717, 1.165) is 38.6 Å². The van der Waals surface area contributed by atoms with E-state index in [2.05, 4.69) is 4.98 Å². The molecule has 0 radical (unpaired) electrons. The van der Waals surface area contributed by atoms with Crippen molar-refractivity contribution in [3.05, 3.63) is 39.9 Å². The average Bonchev–Trinajstić information content (AvgIpc) is 2.86. The molecule has 0 atom stereocenters. The maximum atomic E-state index is 6.38. The van der Waals surface area contributed by atoms with Crippen LogP contribution in [0.2, 0.25) is 5.02 Å². The number of pyridine rings is 1. The summed E-state index contributed by atoms with van der Waals surface area (Å²) in [5.41, 5.74) is 3.64. The molecular weight excluding hydrogens is 292 g/mol. The van der Waals surface area contributed by atoms with E-state index in [9.17, 15) is 0 Å². The lowest BCUT2D eigenvalue weighted by molar-refractivity contribution is 0.412. The largest absolute Gasteiger partial charge is 0.496 e. The van der Waals surface area contributed by atoms with Crippen molar-refractivity contribution in [3.63, 3.8) is 0 Å². The summed E-state index contributed by atoms with van der Waals surface area (Å²) in [6, 6.07) is 5.72. The first-order chi connectivity index (χ1) is 9.60. The Hall–Kier alpha value is -1.65. The molecule has 3 aromatic rings. The van der Waals surface area contributed by atoms with E-state index in [1.54, 1.807) is 18.4 Å². The van der Waals surface area contributed by atoms with Crippen molar-refractivity contribution in [2.45, 2.75) is 13.8 Å². The van der Waals surface area contributed by atoms with Gasteiger partial charge in [-0.3, -0.25) is 0 Å². The predicted octanol–water partition coefficient (Wildman–Crippen LogP) is 4.64. The fourth-order valence-corrected chi connectivity index (χ4v) is 3.18. The summed E-state index contributed by atoms with van der Waals surface area (Å²) in [6.45, 7) is 3.96. The van der Waals surface area contributed by atoms with Crippen LogP contribution < -0.4 is 4.74 Å². The molecule has 0 fully saturated rings. The minimum atomic E-state index is 0.684. The van der Waals surface area contributed by atoms with Crippen LogP contribution in [0.4, 0.5) is 0 Å². The molecule has 20 heavy (non-hydrogen) atoms. The lowest BCUT2D eigenvalue weighted by Gasteiger charge is -2.09. The Morgan fingerprint density at radius 3 is 2.65 bits per heavy atom. The summed E-state index contributed by atoms with van der Waals surface area (Å²) < 4.78 is 5.35. The highest BCUT2D eigenvalue weighted by atomic mass is 35.5. The van der Waals surface area contributed by atoms with Crippen molar-refractivity contribution >= 4 is 33.8 Å². The molecule has 0 spiro atoms. The number of hydrogen-bond acceptors (Lipinski definition) is 4. The van der Waals surface area contributed by atoms with Crippen molar-refractivity contribution in [3.8, 4) is 16.5 Å². The standard InChI is InChI=1S/C15H13ClN2OS/c1-8-7-20-15(17-8)12-6-11(16)10-4-5-13(19-3)9(2)14(10)18-12/h4-7H,1-3H3. The highest BCUT2D eigenvalue weighted by Gasteiger charge is 2.12. The van der Waals surface area contributed by atoms with Crippen molar-refractivity contribution in [2.24, 2.45) is 0 Å². The van der Waals surface area contributed by atoms with Crippen LogP contribution in [0.5, 0.6) is 5.75 Å². The molecule has 1 aromatic carbocycles. The number of aromatic nitrogens is 2. The van der Waals surface area contributed by atoms with Gasteiger partial charge >= 0.3 is 0 Å². The van der Waals surface area contributed by atoms with Gasteiger partial charge in [-0.25, -0.2) is 9.97 Å². The molecule has 5 heteroatoms. The van der Waals surface area contributed by atoms with Crippen molar-refractivity contribution in [1.29, 1.82) is 0 Å². The van der Waals surface area contributed by atoms with Crippen LogP contribution in [0.1, 0.15) is 11.3 Å². The molecule has 2 aromatic heterocycles. The van der Waals surface area contributed by atoms with Gasteiger partial charge < -0.3 is 4.74 Å². The lowest BCUT2D eigenvalue weighted by Crippen LogP contribution is -1.93. The third-order valence-corrected chi connectivity index (χ3v) is 4.49. The minimum absolute atomic E-state index is 0.684. The topological polar surface area (TPSA) is 35.0 Å². The number of aryl methyl sites for hydroxylation is 2. The van der Waals surface area contributed by atoms with Crippen LogP contribution >= 0.6 is 22.9 Å². The van der Waals surface area contributed by atoms with E-state index >= 15 is 0 Å². The number of methoxy groups -OCH3 is 1. The Morgan fingerprint density at radius 2 is 2.00 bits per heavy atom. The first kappa shape index (κ1) is 13.3. The third kappa shape index (κ3) is 2.15. The molecule has 0 bridgehead atoms. The van der Waals surface area contributed by atoms with Crippen LogP contribution in [0.3, 0.4) is 0 Å². The Balaban J connectivity index is 2.29. The Bertz CT molecular complexity index is 798. The smallest absolute Gasteiger partial charge is 0.142 e. The Labute approximate surface area is 126 Å². The SMILES string of the molecule is COc1ccc2c(Cl)cc(-c3nc(C)cs3)nc2c1C. The van der Waals surface area contributed by atoms with Crippen molar-refractivity contribution in [1.82, 2.24) is 9.97 Å². The number of ether oxygens (including phenoxy) is 1. The second-order valence-electron chi connectivity index (χ2n) is 4.57. The van der Waals surface area contributed by atoms with E-state index in [1.807, 2.05) is 37.4 Å². The highest BCUT2D eigenvalue weighted by Crippen LogP contribution is 2.34. The second kappa shape index (κ2) is 5.04. The monoisotopic (exact) mass is 304 g/mol. The van der Waals surface area contributed by atoms with Crippen molar-refractivity contribution in [2.75, 3.05) is 7.11 Å². The van der Waals surface area contributed by atoms with Gasteiger partial charge in [-0.15, -0.1) is 11.3 Å². The number of hydrogen-bond donors (Lipinski definition) is 0. The lowest BCUT2D eigenvalue weighted by atomic mass is 10.1. The molecule has 102 valence electrons. The molecule has 3 rings (SSSR count). The first-order valence-corrected chi connectivity index (χ1v) is 7.42. The van der Waals surface area contributed by atoms with E-state index < -0.39 is 0 Å². The maximum Gasteiger partial charge on any atom is 0.142 e. The molecule has 0 N–H and O–H groups in total. The van der Waals surface area contributed by atoms with Crippen LogP contribution in [0, 0.1) is 13.8 Å². The van der Waals surface area contributed by atoms with Gasteiger partial charge in [0.05, 0.1) is 17.6 Å². The van der Waals surface area contributed by atoms with E-state index in [-0.39, 0.29) is 0 Å². The molecule has 0 aliphatic rings. The van der Waals surface area contributed by atoms with E-state index in [1.165, 1.54) is 0 Å². The fourth-order valence-electron chi connectivity index (χ4n) is 2.17. The van der Waals surface area contributed by atoms with Crippen LogP contribution in [-0.2, 0) is 0 Å². The zero-order valence-electron chi connectivity index (χ0n) is 11.4. The van der Waals surface area contributed by atoms with Crippen LogP contribution in [0.15, 0.2) is 23.6 Å². The number of halogens is 1. The Morgan fingerprint density at radius 1 is 1.20 bits per heavy atom. The number of benzene rings is 1. The van der Waals surface area contributed by atoms with Gasteiger partial charge in [0.1, 0.15) is 16.5 Å². The van der Waals surface area contributed by atoms with Gasteiger partial charge in [0, 0.05) is 22.0 Å². The summed E-state index contributed by atoms with van der Waals surface area (Å²) in [4.78, 5) is 9.18. The summed E-state index contributed by atoms with van der Waals surface area (Å²) in [7, 11) is 1.66. The molecule has 0 unspecified atom stereocenters. The molecule has 0 saturated carbocycles. The second-order valence-corrected chi connectivity index (χ2v) is 5.84. The summed E-state index contributed by atoms with van der Waals surface area (Å²) in [5, 5.41) is 4.51. The number of fused-ring (bicyclic) bond motifs is 1. The molecule has 0 amide bonds. The van der Waals surface area contributed by atoms with E-state index in [4.69, 9.17) is 21.3 Å². The normalized spacial score (nSPS) is 11.0. The molecule has 0 saturated heterocycles. The molecule has 2 heterocycles. The maximum absolute atomic E-state index is 6.38. The number of rotatable bonds is 2. The van der Waals surface area contributed by atoms with Gasteiger partial charge in [0.2, 0.25) is 0 Å². The third-order valence-electron chi connectivity index (χ3n) is 3.19. The van der Waals surface area contributed by atoms with Gasteiger partial charge in [-0.1, -0.05) is 11.6 Å². The molecular formula is C15H13ClN2OS. The fraction of sp³-hybridized carbons (Fsp3) is 0.200. The molecule has 0 aliphatic heterocycles. The van der Waals surface area contributed by atoms with Gasteiger partial charge in [0.25, 0.3) is 0 Å². The minimum Gasteiger partial charge on any atom is -0.496 e. The first-order valence-electron chi connectivity index (χ1n) is 6.16. The van der Waals surface area contributed by atoms with Crippen LogP contribution in [-0.4, -0.2) is 17.1 Å². The zero-order chi connectivity index (χ0) is 14.3. The zero-order valence-corrected chi connectivity index (χ0v) is 13.0.